The average Bonchev–Trinajstić information content (AvgIpc) is 2.11. The number of rotatable bonds is 3. The fourth-order valence-electron chi connectivity index (χ4n) is 0.887. The van der Waals surface area contributed by atoms with E-state index in [-0.39, 0.29) is 11.4 Å². The van der Waals surface area contributed by atoms with Crippen molar-refractivity contribution >= 4 is 33.3 Å². The average molecular weight is 279 g/mol. The Morgan fingerprint density at radius 3 is 2.71 bits per heavy atom. The summed E-state index contributed by atoms with van der Waals surface area (Å²) < 4.78 is 0.854. The highest BCUT2D eigenvalue weighted by Crippen LogP contribution is 2.20. The van der Waals surface area contributed by atoms with Gasteiger partial charge in [-0.1, -0.05) is 0 Å². The van der Waals surface area contributed by atoms with E-state index in [1.807, 2.05) is 20.8 Å². The Morgan fingerprint density at radius 2 is 2.14 bits per heavy atom. The number of hydrogen-bond donors (Lipinski definition) is 1. The molecule has 0 saturated carbocycles. The number of nitrogens with one attached hydrogen (secondary N) is 1. The van der Waals surface area contributed by atoms with Gasteiger partial charge in [0, 0.05) is 12.2 Å². The summed E-state index contributed by atoms with van der Waals surface area (Å²) in [6.45, 7) is 5.81. The van der Waals surface area contributed by atoms with Gasteiger partial charge in [-0.25, -0.2) is 9.97 Å². The smallest absolute Gasteiger partial charge is 0.144 e. The van der Waals surface area contributed by atoms with Crippen molar-refractivity contribution in [3.63, 3.8) is 0 Å². The van der Waals surface area contributed by atoms with E-state index in [9.17, 15) is 0 Å². The van der Waals surface area contributed by atoms with E-state index in [4.69, 9.17) is 11.6 Å². The molecule has 0 fully saturated rings. The van der Waals surface area contributed by atoms with Gasteiger partial charge < -0.3 is 5.32 Å². The molecule has 0 saturated heterocycles. The third kappa shape index (κ3) is 3.10. The maximum atomic E-state index is 5.95. The summed E-state index contributed by atoms with van der Waals surface area (Å²) in [6, 6.07) is 0.169. The molecule has 78 valence electrons. The zero-order chi connectivity index (χ0) is 10.7. The molecule has 0 radical (unpaired) electrons. The van der Waals surface area contributed by atoms with Gasteiger partial charge in [0.1, 0.15) is 11.6 Å². The fourth-order valence-corrected chi connectivity index (χ4v) is 1.26. The van der Waals surface area contributed by atoms with Crippen LogP contribution in [0.1, 0.15) is 19.7 Å². The van der Waals surface area contributed by atoms with E-state index in [2.05, 4.69) is 31.2 Å². The SMILES string of the molecule is Cc1ncc(Br)c(NC(C)C(C)Cl)n1. The van der Waals surface area contributed by atoms with Crippen molar-refractivity contribution in [2.75, 3.05) is 5.32 Å². The van der Waals surface area contributed by atoms with Gasteiger partial charge in [-0.2, -0.15) is 0 Å². The fraction of sp³-hybridized carbons (Fsp3) is 0.556. The largest absolute Gasteiger partial charge is 0.365 e. The lowest BCUT2D eigenvalue weighted by Gasteiger charge is -2.17. The molecule has 3 nitrogen and oxygen atoms in total. The summed E-state index contributed by atoms with van der Waals surface area (Å²) in [6.07, 6.45) is 1.73. The predicted molar refractivity (Wildman–Crippen MR) is 62.9 cm³/mol. The van der Waals surface area contributed by atoms with Crippen LogP contribution < -0.4 is 5.32 Å². The van der Waals surface area contributed by atoms with E-state index in [1.165, 1.54) is 0 Å². The quantitative estimate of drug-likeness (QED) is 0.864. The maximum Gasteiger partial charge on any atom is 0.144 e. The Hall–Kier alpha value is -0.350. The van der Waals surface area contributed by atoms with Gasteiger partial charge in [-0.15, -0.1) is 11.6 Å². The van der Waals surface area contributed by atoms with E-state index in [0.717, 1.165) is 16.1 Å². The number of alkyl halides is 1. The van der Waals surface area contributed by atoms with Crippen LogP contribution in [-0.4, -0.2) is 21.4 Å². The molecule has 0 aliphatic carbocycles. The van der Waals surface area contributed by atoms with Crippen LogP contribution >= 0.6 is 27.5 Å². The molecule has 5 heteroatoms. The topological polar surface area (TPSA) is 37.8 Å². The molecule has 14 heavy (non-hydrogen) atoms. The molecule has 0 aromatic carbocycles. The summed E-state index contributed by atoms with van der Waals surface area (Å²) in [4.78, 5) is 8.33. The van der Waals surface area contributed by atoms with E-state index in [1.54, 1.807) is 6.20 Å². The first kappa shape index (κ1) is 11.7. The Labute approximate surface area is 97.4 Å². The molecular weight excluding hydrogens is 265 g/mol. The number of nitrogens with zero attached hydrogens (tertiary/aromatic N) is 2. The second-order valence-corrected chi connectivity index (χ2v) is 4.77. The molecular formula is C9H13BrClN3. The van der Waals surface area contributed by atoms with Gasteiger partial charge in [-0.3, -0.25) is 0 Å². The van der Waals surface area contributed by atoms with Crippen molar-refractivity contribution in [2.45, 2.75) is 32.2 Å². The number of aromatic nitrogens is 2. The number of halogens is 2. The summed E-state index contributed by atoms with van der Waals surface area (Å²) in [5.41, 5.74) is 0. The Bertz CT molecular complexity index is 317. The van der Waals surface area contributed by atoms with Crippen molar-refractivity contribution in [3.8, 4) is 0 Å². The molecule has 1 aromatic rings. The van der Waals surface area contributed by atoms with Crippen LogP contribution in [0.4, 0.5) is 5.82 Å². The number of aryl methyl sites for hydroxylation is 1. The molecule has 0 bridgehead atoms. The molecule has 1 rings (SSSR count). The minimum absolute atomic E-state index is 0.0529. The molecule has 2 atom stereocenters. The van der Waals surface area contributed by atoms with Crippen molar-refractivity contribution < 1.29 is 0 Å². The number of hydrogen-bond acceptors (Lipinski definition) is 3. The van der Waals surface area contributed by atoms with Gasteiger partial charge in [0.05, 0.1) is 9.85 Å². The van der Waals surface area contributed by atoms with Gasteiger partial charge in [0.15, 0.2) is 0 Å². The van der Waals surface area contributed by atoms with Crippen LogP contribution in [0.15, 0.2) is 10.7 Å². The summed E-state index contributed by atoms with van der Waals surface area (Å²) >= 11 is 9.33. The molecule has 2 unspecified atom stereocenters. The van der Waals surface area contributed by atoms with Crippen molar-refractivity contribution in [1.82, 2.24) is 9.97 Å². The first-order valence-electron chi connectivity index (χ1n) is 4.40. The summed E-state index contributed by atoms with van der Waals surface area (Å²) in [7, 11) is 0. The van der Waals surface area contributed by atoms with Crippen LogP contribution in [0.5, 0.6) is 0 Å². The van der Waals surface area contributed by atoms with Gasteiger partial charge in [0.2, 0.25) is 0 Å². The highest BCUT2D eigenvalue weighted by molar-refractivity contribution is 9.10. The van der Waals surface area contributed by atoms with Gasteiger partial charge in [0.25, 0.3) is 0 Å². The van der Waals surface area contributed by atoms with E-state index < -0.39 is 0 Å². The Morgan fingerprint density at radius 1 is 1.50 bits per heavy atom. The maximum absolute atomic E-state index is 5.95. The number of anilines is 1. The molecule has 1 heterocycles. The molecule has 0 aliphatic rings. The lowest BCUT2D eigenvalue weighted by Crippen LogP contribution is -2.25. The Balaban J connectivity index is 2.80. The monoisotopic (exact) mass is 277 g/mol. The second-order valence-electron chi connectivity index (χ2n) is 3.22. The van der Waals surface area contributed by atoms with Crippen LogP contribution in [0.25, 0.3) is 0 Å². The van der Waals surface area contributed by atoms with Gasteiger partial charge in [-0.05, 0) is 36.7 Å². The zero-order valence-corrected chi connectivity index (χ0v) is 10.7. The normalized spacial score (nSPS) is 14.9. The lowest BCUT2D eigenvalue weighted by molar-refractivity contribution is 0.764. The third-order valence-corrected chi connectivity index (χ3v) is 2.88. The molecule has 0 aliphatic heterocycles. The molecule has 0 spiro atoms. The third-order valence-electron chi connectivity index (χ3n) is 1.92. The van der Waals surface area contributed by atoms with Crippen LogP contribution in [0.2, 0.25) is 0 Å². The highest BCUT2D eigenvalue weighted by atomic mass is 79.9. The second kappa shape index (κ2) is 4.94. The lowest BCUT2D eigenvalue weighted by atomic mass is 10.2. The minimum atomic E-state index is 0.0529. The van der Waals surface area contributed by atoms with Crippen LogP contribution in [-0.2, 0) is 0 Å². The van der Waals surface area contributed by atoms with E-state index in [0.29, 0.717) is 0 Å². The van der Waals surface area contributed by atoms with E-state index >= 15 is 0 Å². The van der Waals surface area contributed by atoms with Crippen molar-refractivity contribution in [3.05, 3.63) is 16.5 Å². The summed E-state index contributed by atoms with van der Waals surface area (Å²) in [5.74, 6) is 1.53. The molecule has 1 N–H and O–H groups in total. The molecule has 1 aromatic heterocycles. The molecule has 0 amide bonds. The first-order valence-corrected chi connectivity index (χ1v) is 5.63. The van der Waals surface area contributed by atoms with Crippen molar-refractivity contribution in [2.24, 2.45) is 0 Å². The zero-order valence-electron chi connectivity index (χ0n) is 8.38. The van der Waals surface area contributed by atoms with Crippen molar-refractivity contribution in [1.29, 1.82) is 0 Å². The summed E-state index contributed by atoms with van der Waals surface area (Å²) in [5, 5.41) is 3.27. The first-order chi connectivity index (χ1) is 6.50. The van der Waals surface area contributed by atoms with Crippen LogP contribution in [0, 0.1) is 6.92 Å². The highest BCUT2D eigenvalue weighted by Gasteiger charge is 2.11. The Kier molecular flexibility index (Phi) is 4.13. The predicted octanol–water partition coefficient (Wildman–Crippen LogP) is 2.98. The van der Waals surface area contributed by atoms with Gasteiger partial charge >= 0.3 is 0 Å². The standard InChI is InChI=1S/C9H13BrClN3/c1-5(11)6(2)13-9-8(10)4-12-7(3)14-9/h4-6H,1-3H3,(H,12,13,14). The van der Waals surface area contributed by atoms with Crippen LogP contribution in [0.3, 0.4) is 0 Å². The minimum Gasteiger partial charge on any atom is -0.365 e.